The van der Waals surface area contributed by atoms with Gasteiger partial charge in [0, 0.05) is 17.5 Å². The third-order valence-electron chi connectivity index (χ3n) is 2.65. The summed E-state index contributed by atoms with van der Waals surface area (Å²) >= 11 is 5.75. The topological polar surface area (TPSA) is 58.2 Å². The second-order valence-electron chi connectivity index (χ2n) is 4.33. The zero-order valence-electron chi connectivity index (χ0n) is 11.1. The molecule has 2 amide bonds. The third kappa shape index (κ3) is 4.03. The molecule has 0 aliphatic carbocycles. The van der Waals surface area contributed by atoms with Crippen LogP contribution in [0.15, 0.2) is 42.5 Å². The maximum absolute atomic E-state index is 13.3. The summed E-state index contributed by atoms with van der Waals surface area (Å²) in [4.78, 5) is 23.2. The zero-order chi connectivity index (χ0) is 15.4. The highest BCUT2D eigenvalue weighted by Gasteiger charge is 2.11. The Morgan fingerprint density at radius 1 is 1.00 bits per heavy atom. The molecule has 2 aromatic carbocycles. The van der Waals surface area contributed by atoms with Gasteiger partial charge in [-0.05, 0) is 42.5 Å². The Bertz CT molecular complexity index is 687. The minimum absolute atomic E-state index is 0.185. The lowest BCUT2D eigenvalue weighted by atomic mass is 10.2. The van der Waals surface area contributed by atoms with Crippen molar-refractivity contribution >= 4 is 34.8 Å². The first kappa shape index (κ1) is 15.0. The predicted molar refractivity (Wildman–Crippen MR) is 80.1 cm³/mol. The van der Waals surface area contributed by atoms with Crippen molar-refractivity contribution in [3.63, 3.8) is 0 Å². The van der Waals surface area contributed by atoms with Crippen molar-refractivity contribution in [2.45, 2.75) is 6.92 Å². The van der Waals surface area contributed by atoms with E-state index in [2.05, 4.69) is 10.6 Å². The van der Waals surface area contributed by atoms with Crippen LogP contribution in [0.5, 0.6) is 0 Å². The molecule has 0 saturated heterocycles. The van der Waals surface area contributed by atoms with E-state index < -0.39 is 11.7 Å². The number of rotatable bonds is 3. The van der Waals surface area contributed by atoms with E-state index >= 15 is 0 Å². The third-order valence-corrected chi connectivity index (χ3v) is 2.90. The van der Waals surface area contributed by atoms with Crippen molar-refractivity contribution in [2.24, 2.45) is 0 Å². The standard InChI is InChI=1S/C15H12ClFN2O2/c1-9(20)18-13-7-6-12(17)8-14(13)19-15(21)10-2-4-11(16)5-3-10/h2-8H,1H3,(H,18,20)(H,19,21). The van der Waals surface area contributed by atoms with Crippen molar-refractivity contribution < 1.29 is 14.0 Å². The van der Waals surface area contributed by atoms with Crippen LogP contribution >= 0.6 is 11.6 Å². The largest absolute Gasteiger partial charge is 0.325 e. The van der Waals surface area contributed by atoms with Crippen LogP contribution in [0.2, 0.25) is 5.02 Å². The maximum atomic E-state index is 13.3. The minimum Gasteiger partial charge on any atom is -0.325 e. The molecule has 0 atom stereocenters. The number of amides is 2. The SMILES string of the molecule is CC(=O)Nc1ccc(F)cc1NC(=O)c1ccc(Cl)cc1. The quantitative estimate of drug-likeness (QED) is 0.908. The molecule has 0 spiro atoms. The molecule has 108 valence electrons. The molecule has 0 fully saturated rings. The molecule has 0 aliphatic rings. The Balaban J connectivity index is 2.25. The van der Waals surface area contributed by atoms with Crippen LogP contribution in [0.1, 0.15) is 17.3 Å². The number of nitrogens with one attached hydrogen (secondary N) is 2. The van der Waals surface area contributed by atoms with E-state index in [1.54, 1.807) is 24.3 Å². The summed E-state index contributed by atoms with van der Waals surface area (Å²) in [6.45, 7) is 1.33. The van der Waals surface area contributed by atoms with Gasteiger partial charge in [0.15, 0.2) is 0 Å². The number of carbonyl (C=O) groups excluding carboxylic acids is 2. The normalized spacial score (nSPS) is 10.0. The summed E-state index contributed by atoms with van der Waals surface area (Å²) in [6, 6.07) is 9.98. The Morgan fingerprint density at radius 3 is 2.29 bits per heavy atom. The van der Waals surface area contributed by atoms with E-state index in [0.29, 0.717) is 16.3 Å². The lowest BCUT2D eigenvalue weighted by Gasteiger charge is -2.11. The fraction of sp³-hybridized carbons (Fsp3) is 0.0667. The predicted octanol–water partition coefficient (Wildman–Crippen LogP) is 3.69. The Kier molecular flexibility index (Phi) is 4.55. The van der Waals surface area contributed by atoms with Crippen molar-refractivity contribution in [1.82, 2.24) is 0 Å². The molecule has 0 aromatic heterocycles. The van der Waals surface area contributed by atoms with Crippen LogP contribution in [0.3, 0.4) is 0 Å². The van der Waals surface area contributed by atoms with E-state index in [0.717, 1.165) is 6.07 Å². The monoisotopic (exact) mass is 306 g/mol. The van der Waals surface area contributed by atoms with E-state index in [1.165, 1.54) is 19.1 Å². The molecule has 0 unspecified atom stereocenters. The number of hydrogen-bond donors (Lipinski definition) is 2. The van der Waals surface area contributed by atoms with Gasteiger partial charge in [-0.25, -0.2) is 4.39 Å². The van der Waals surface area contributed by atoms with Gasteiger partial charge in [-0.2, -0.15) is 0 Å². The summed E-state index contributed by atoms with van der Waals surface area (Å²) < 4.78 is 13.3. The van der Waals surface area contributed by atoms with Gasteiger partial charge in [0.05, 0.1) is 11.4 Å². The van der Waals surface area contributed by atoms with Gasteiger partial charge in [0.25, 0.3) is 5.91 Å². The van der Waals surface area contributed by atoms with Gasteiger partial charge < -0.3 is 10.6 Å². The number of carbonyl (C=O) groups is 2. The number of hydrogen-bond acceptors (Lipinski definition) is 2. The number of benzene rings is 2. The van der Waals surface area contributed by atoms with Crippen molar-refractivity contribution in [3.8, 4) is 0 Å². The Labute approximate surface area is 125 Å². The van der Waals surface area contributed by atoms with Gasteiger partial charge in [-0.1, -0.05) is 11.6 Å². The van der Waals surface area contributed by atoms with Crippen LogP contribution in [0, 0.1) is 5.82 Å². The first-order valence-corrected chi connectivity index (χ1v) is 6.47. The molecular formula is C15H12ClFN2O2. The summed E-state index contributed by atoms with van der Waals surface area (Å²) in [5, 5.41) is 5.59. The van der Waals surface area contributed by atoms with Gasteiger partial charge >= 0.3 is 0 Å². The van der Waals surface area contributed by atoms with Crippen LogP contribution in [-0.4, -0.2) is 11.8 Å². The maximum Gasteiger partial charge on any atom is 0.255 e. The number of anilines is 2. The summed E-state index contributed by atoms with van der Waals surface area (Å²) in [5.74, 6) is -1.26. The molecule has 21 heavy (non-hydrogen) atoms. The lowest BCUT2D eigenvalue weighted by Crippen LogP contribution is -2.15. The van der Waals surface area contributed by atoms with Crippen LogP contribution in [-0.2, 0) is 4.79 Å². The molecule has 2 N–H and O–H groups in total. The van der Waals surface area contributed by atoms with Crippen molar-refractivity contribution in [1.29, 1.82) is 0 Å². The van der Waals surface area contributed by atoms with Gasteiger partial charge in [0.1, 0.15) is 5.82 Å². The fourth-order valence-corrected chi connectivity index (χ4v) is 1.84. The van der Waals surface area contributed by atoms with E-state index in [4.69, 9.17) is 11.6 Å². The highest BCUT2D eigenvalue weighted by molar-refractivity contribution is 6.30. The molecule has 0 bridgehead atoms. The van der Waals surface area contributed by atoms with Crippen LogP contribution in [0.4, 0.5) is 15.8 Å². The molecule has 0 aliphatic heterocycles. The van der Waals surface area contributed by atoms with Gasteiger partial charge in [-0.3, -0.25) is 9.59 Å². The second-order valence-corrected chi connectivity index (χ2v) is 4.77. The van der Waals surface area contributed by atoms with E-state index in [-0.39, 0.29) is 11.6 Å². The Morgan fingerprint density at radius 2 is 1.67 bits per heavy atom. The van der Waals surface area contributed by atoms with E-state index in [1.807, 2.05) is 0 Å². The summed E-state index contributed by atoms with van der Waals surface area (Å²) in [6.07, 6.45) is 0. The van der Waals surface area contributed by atoms with Crippen molar-refractivity contribution in [2.75, 3.05) is 10.6 Å². The van der Waals surface area contributed by atoms with Crippen LogP contribution < -0.4 is 10.6 Å². The number of halogens is 2. The smallest absolute Gasteiger partial charge is 0.255 e. The fourth-order valence-electron chi connectivity index (χ4n) is 1.71. The zero-order valence-corrected chi connectivity index (χ0v) is 11.9. The highest BCUT2D eigenvalue weighted by Crippen LogP contribution is 2.23. The van der Waals surface area contributed by atoms with E-state index in [9.17, 15) is 14.0 Å². The average molecular weight is 307 g/mol. The highest BCUT2D eigenvalue weighted by atomic mass is 35.5. The molecule has 2 aromatic rings. The second kappa shape index (κ2) is 6.37. The lowest BCUT2D eigenvalue weighted by molar-refractivity contribution is -0.114. The molecule has 0 saturated carbocycles. The van der Waals surface area contributed by atoms with Gasteiger partial charge in [0.2, 0.25) is 5.91 Å². The van der Waals surface area contributed by atoms with Crippen LogP contribution in [0.25, 0.3) is 0 Å². The molecule has 4 nitrogen and oxygen atoms in total. The molecule has 0 heterocycles. The molecule has 2 rings (SSSR count). The minimum atomic E-state index is -0.518. The first-order valence-electron chi connectivity index (χ1n) is 6.10. The summed E-state index contributed by atoms with van der Waals surface area (Å²) in [7, 11) is 0. The molecule has 0 radical (unpaired) electrons. The first-order chi connectivity index (χ1) is 9.95. The Hall–Kier alpha value is -2.40. The molecular weight excluding hydrogens is 295 g/mol. The molecule has 6 heteroatoms. The van der Waals surface area contributed by atoms with Crippen molar-refractivity contribution in [3.05, 3.63) is 58.9 Å². The summed E-state index contributed by atoms with van der Waals surface area (Å²) in [5.41, 5.74) is 0.883. The average Bonchev–Trinajstić information content (AvgIpc) is 2.42. The van der Waals surface area contributed by atoms with Gasteiger partial charge in [-0.15, -0.1) is 0 Å².